The summed E-state index contributed by atoms with van der Waals surface area (Å²) in [5, 5.41) is 5.93. The van der Waals surface area contributed by atoms with Crippen molar-refractivity contribution >= 4 is 23.2 Å². The van der Waals surface area contributed by atoms with E-state index in [0.717, 1.165) is 6.42 Å². The van der Waals surface area contributed by atoms with Gasteiger partial charge in [0.2, 0.25) is 5.91 Å². The van der Waals surface area contributed by atoms with Crippen LogP contribution in [0.5, 0.6) is 0 Å². The molecule has 1 amide bonds. The molecule has 0 aliphatic carbocycles. The molecule has 0 aliphatic heterocycles. The van der Waals surface area contributed by atoms with Crippen LogP contribution in [0.1, 0.15) is 20.3 Å². The van der Waals surface area contributed by atoms with E-state index in [4.69, 9.17) is 11.6 Å². The van der Waals surface area contributed by atoms with Crippen LogP contribution in [-0.2, 0) is 4.79 Å². The standard InChI is InChI=1S/C13H18ClFN2O/c1-9(2)5-6-16-13(18)8-17-12-4-3-10(15)7-11(12)14/h3-4,7,9,17H,5-6,8H2,1-2H3,(H,16,18). The molecule has 0 unspecified atom stereocenters. The summed E-state index contributed by atoms with van der Waals surface area (Å²) in [6.07, 6.45) is 0.947. The van der Waals surface area contributed by atoms with Crippen LogP contribution < -0.4 is 10.6 Å². The molecule has 0 atom stereocenters. The minimum absolute atomic E-state index is 0.101. The molecule has 0 bridgehead atoms. The van der Waals surface area contributed by atoms with Crippen LogP contribution in [0.25, 0.3) is 0 Å². The molecule has 2 N–H and O–H groups in total. The van der Waals surface area contributed by atoms with Gasteiger partial charge in [-0.05, 0) is 30.5 Å². The van der Waals surface area contributed by atoms with Crippen molar-refractivity contribution in [3.8, 4) is 0 Å². The summed E-state index contributed by atoms with van der Waals surface area (Å²) < 4.78 is 12.8. The van der Waals surface area contributed by atoms with E-state index in [-0.39, 0.29) is 17.5 Å². The van der Waals surface area contributed by atoms with Gasteiger partial charge in [0.1, 0.15) is 5.82 Å². The molecular formula is C13H18ClFN2O. The molecule has 0 radical (unpaired) electrons. The second kappa shape index (κ2) is 7.21. The van der Waals surface area contributed by atoms with Gasteiger partial charge in [-0.25, -0.2) is 4.39 Å². The lowest BCUT2D eigenvalue weighted by Crippen LogP contribution is -2.31. The summed E-state index contributed by atoms with van der Waals surface area (Å²) >= 11 is 5.82. The van der Waals surface area contributed by atoms with Crippen molar-refractivity contribution in [3.05, 3.63) is 29.0 Å². The zero-order valence-corrected chi connectivity index (χ0v) is 11.4. The highest BCUT2D eigenvalue weighted by atomic mass is 35.5. The van der Waals surface area contributed by atoms with Gasteiger partial charge >= 0.3 is 0 Å². The van der Waals surface area contributed by atoms with Gasteiger partial charge in [0.25, 0.3) is 0 Å². The number of carbonyl (C=O) groups excluding carboxylic acids is 1. The maximum absolute atomic E-state index is 12.8. The van der Waals surface area contributed by atoms with Crippen molar-refractivity contribution < 1.29 is 9.18 Å². The van der Waals surface area contributed by atoms with Crippen molar-refractivity contribution in [2.75, 3.05) is 18.4 Å². The smallest absolute Gasteiger partial charge is 0.239 e. The molecule has 100 valence electrons. The van der Waals surface area contributed by atoms with Crippen LogP contribution in [0.4, 0.5) is 10.1 Å². The molecule has 0 saturated heterocycles. The maximum atomic E-state index is 12.8. The monoisotopic (exact) mass is 272 g/mol. The first-order valence-electron chi connectivity index (χ1n) is 5.94. The van der Waals surface area contributed by atoms with Gasteiger partial charge in [0.15, 0.2) is 0 Å². The van der Waals surface area contributed by atoms with Gasteiger partial charge in [-0.2, -0.15) is 0 Å². The van der Waals surface area contributed by atoms with Gasteiger partial charge in [0, 0.05) is 6.54 Å². The Hall–Kier alpha value is -1.29. The summed E-state index contributed by atoms with van der Waals surface area (Å²) in [7, 11) is 0. The second-order valence-corrected chi connectivity index (χ2v) is 4.92. The van der Waals surface area contributed by atoms with Crippen LogP contribution in [-0.4, -0.2) is 19.0 Å². The first-order chi connectivity index (χ1) is 8.49. The van der Waals surface area contributed by atoms with E-state index in [2.05, 4.69) is 24.5 Å². The Labute approximate surface area is 112 Å². The zero-order valence-electron chi connectivity index (χ0n) is 10.6. The molecule has 0 spiro atoms. The summed E-state index contributed by atoms with van der Waals surface area (Å²) in [5.74, 6) is 0.0628. The fourth-order valence-corrected chi connectivity index (χ4v) is 1.61. The molecular weight excluding hydrogens is 255 g/mol. The third-order valence-electron chi connectivity index (χ3n) is 2.41. The fourth-order valence-electron chi connectivity index (χ4n) is 1.37. The van der Waals surface area contributed by atoms with Crippen LogP contribution in [0.2, 0.25) is 5.02 Å². The van der Waals surface area contributed by atoms with Crippen LogP contribution >= 0.6 is 11.6 Å². The van der Waals surface area contributed by atoms with Crippen molar-refractivity contribution in [1.82, 2.24) is 5.32 Å². The number of carbonyl (C=O) groups is 1. The lowest BCUT2D eigenvalue weighted by atomic mass is 10.1. The van der Waals surface area contributed by atoms with Crippen LogP contribution in [0, 0.1) is 11.7 Å². The minimum Gasteiger partial charge on any atom is -0.375 e. The quantitative estimate of drug-likeness (QED) is 0.836. The molecule has 1 aromatic carbocycles. The summed E-state index contributed by atoms with van der Waals surface area (Å²) in [6.45, 7) is 4.99. The van der Waals surface area contributed by atoms with Crippen molar-refractivity contribution in [2.45, 2.75) is 20.3 Å². The predicted octanol–water partition coefficient (Wildman–Crippen LogP) is 3.05. The van der Waals surface area contributed by atoms with Gasteiger partial charge in [-0.3, -0.25) is 4.79 Å². The molecule has 0 heterocycles. The molecule has 0 fully saturated rings. The average molecular weight is 273 g/mol. The number of hydrogen-bond acceptors (Lipinski definition) is 2. The van der Waals surface area contributed by atoms with E-state index in [9.17, 15) is 9.18 Å². The number of anilines is 1. The molecule has 1 rings (SSSR count). The maximum Gasteiger partial charge on any atom is 0.239 e. The topological polar surface area (TPSA) is 41.1 Å². The number of halogens is 2. The summed E-state index contributed by atoms with van der Waals surface area (Å²) in [4.78, 5) is 11.5. The molecule has 18 heavy (non-hydrogen) atoms. The number of benzene rings is 1. The Morgan fingerprint density at radius 1 is 1.44 bits per heavy atom. The van der Waals surface area contributed by atoms with E-state index < -0.39 is 5.82 Å². The lowest BCUT2D eigenvalue weighted by Gasteiger charge is -2.10. The fraction of sp³-hybridized carbons (Fsp3) is 0.462. The highest BCUT2D eigenvalue weighted by molar-refractivity contribution is 6.33. The van der Waals surface area contributed by atoms with Crippen LogP contribution in [0.3, 0.4) is 0 Å². The van der Waals surface area contributed by atoms with E-state index in [1.54, 1.807) is 0 Å². The Kier molecular flexibility index (Phi) is 5.92. The first-order valence-corrected chi connectivity index (χ1v) is 6.32. The summed E-state index contributed by atoms with van der Waals surface area (Å²) in [5.41, 5.74) is 0.553. The highest BCUT2D eigenvalue weighted by Crippen LogP contribution is 2.21. The number of amides is 1. The average Bonchev–Trinajstić information content (AvgIpc) is 2.27. The molecule has 5 heteroatoms. The van der Waals surface area contributed by atoms with E-state index in [1.165, 1.54) is 18.2 Å². The Balaban J connectivity index is 2.33. The SMILES string of the molecule is CC(C)CCNC(=O)CNc1ccc(F)cc1Cl. The van der Waals surface area contributed by atoms with Gasteiger partial charge in [-0.15, -0.1) is 0 Å². The molecule has 1 aromatic rings. The number of rotatable bonds is 6. The Bertz CT molecular complexity index is 410. The van der Waals surface area contributed by atoms with E-state index >= 15 is 0 Å². The predicted molar refractivity (Wildman–Crippen MR) is 72.4 cm³/mol. The largest absolute Gasteiger partial charge is 0.375 e. The minimum atomic E-state index is -0.396. The van der Waals surface area contributed by atoms with E-state index in [1.807, 2.05) is 0 Å². The van der Waals surface area contributed by atoms with Crippen molar-refractivity contribution in [3.63, 3.8) is 0 Å². The van der Waals surface area contributed by atoms with Gasteiger partial charge < -0.3 is 10.6 Å². The number of nitrogens with one attached hydrogen (secondary N) is 2. The number of hydrogen-bond donors (Lipinski definition) is 2. The lowest BCUT2D eigenvalue weighted by molar-refractivity contribution is -0.119. The first kappa shape index (κ1) is 14.8. The Morgan fingerprint density at radius 3 is 2.78 bits per heavy atom. The molecule has 0 aromatic heterocycles. The molecule has 0 aliphatic rings. The van der Waals surface area contributed by atoms with Crippen molar-refractivity contribution in [2.24, 2.45) is 5.92 Å². The third kappa shape index (κ3) is 5.36. The van der Waals surface area contributed by atoms with Gasteiger partial charge in [-0.1, -0.05) is 25.4 Å². The highest BCUT2D eigenvalue weighted by Gasteiger charge is 2.05. The summed E-state index contributed by atoms with van der Waals surface area (Å²) in [6, 6.07) is 4.02. The third-order valence-corrected chi connectivity index (χ3v) is 2.73. The van der Waals surface area contributed by atoms with Gasteiger partial charge in [0.05, 0.1) is 17.3 Å². The van der Waals surface area contributed by atoms with Crippen molar-refractivity contribution in [1.29, 1.82) is 0 Å². The second-order valence-electron chi connectivity index (χ2n) is 4.51. The van der Waals surface area contributed by atoms with Crippen LogP contribution in [0.15, 0.2) is 18.2 Å². The molecule has 0 saturated carbocycles. The van der Waals surface area contributed by atoms with E-state index in [0.29, 0.717) is 18.2 Å². The Morgan fingerprint density at radius 2 is 2.17 bits per heavy atom. The zero-order chi connectivity index (χ0) is 13.5. The normalized spacial score (nSPS) is 10.5. The molecule has 3 nitrogen and oxygen atoms in total.